The summed E-state index contributed by atoms with van der Waals surface area (Å²) in [7, 11) is 0. The van der Waals surface area contributed by atoms with E-state index in [2.05, 4.69) is 39.3 Å². The van der Waals surface area contributed by atoms with Gasteiger partial charge in [0, 0.05) is 25.0 Å². The second-order valence-electron chi connectivity index (χ2n) is 6.65. The second-order valence-corrected chi connectivity index (χ2v) is 6.65. The number of carbonyl (C=O) groups excluding carboxylic acids is 1. The first-order chi connectivity index (χ1) is 12.6. The molecule has 0 aliphatic carbocycles. The molecular weight excluding hydrogens is 324 g/mol. The Bertz CT molecular complexity index is 829. The SMILES string of the molecule is CC#CC(=O)N1CCC(Cc2ccnc(Nc3cccc(C)n3)c2)CC1. The summed E-state index contributed by atoms with van der Waals surface area (Å²) in [5.41, 5.74) is 2.23. The maximum atomic E-state index is 11.8. The molecule has 2 aromatic heterocycles. The van der Waals surface area contributed by atoms with E-state index < -0.39 is 0 Å². The zero-order chi connectivity index (χ0) is 18.4. The van der Waals surface area contributed by atoms with Crippen molar-refractivity contribution in [3.05, 3.63) is 47.8 Å². The molecule has 1 N–H and O–H groups in total. The van der Waals surface area contributed by atoms with Crippen molar-refractivity contribution in [2.75, 3.05) is 18.4 Å². The van der Waals surface area contributed by atoms with E-state index in [-0.39, 0.29) is 5.91 Å². The quantitative estimate of drug-likeness (QED) is 0.861. The number of aromatic nitrogens is 2. The Kier molecular flexibility index (Phi) is 5.85. The highest BCUT2D eigenvalue weighted by Crippen LogP contribution is 2.23. The van der Waals surface area contributed by atoms with Gasteiger partial charge in [-0.15, -0.1) is 0 Å². The number of piperidine rings is 1. The molecule has 0 bridgehead atoms. The predicted molar refractivity (Wildman–Crippen MR) is 103 cm³/mol. The van der Waals surface area contributed by atoms with Crippen LogP contribution in [0.2, 0.25) is 0 Å². The van der Waals surface area contributed by atoms with Gasteiger partial charge in [-0.2, -0.15) is 0 Å². The van der Waals surface area contributed by atoms with Crippen molar-refractivity contribution >= 4 is 17.5 Å². The van der Waals surface area contributed by atoms with Gasteiger partial charge in [-0.25, -0.2) is 9.97 Å². The van der Waals surface area contributed by atoms with Crippen LogP contribution >= 0.6 is 0 Å². The molecule has 3 rings (SSSR count). The van der Waals surface area contributed by atoms with Crippen molar-refractivity contribution < 1.29 is 4.79 Å². The summed E-state index contributed by atoms with van der Waals surface area (Å²) in [5, 5.41) is 3.27. The molecule has 26 heavy (non-hydrogen) atoms. The van der Waals surface area contributed by atoms with Crippen LogP contribution in [0.5, 0.6) is 0 Å². The van der Waals surface area contributed by atoms with E-state index in [9.17, 15) is 4.79 Å². The molecule has 0 aromatic carbocycles. The lowest BCUT2D eigenvalue weighted by Gasteiger charge is -2.30. The van der Waals surface area contributed by atoms with Gasteiger partial charge in [0.2, 0.25) is 0 Å². The van der Waals surface area contributed by atoms with Crippen LogP contribution in [0.3, 0.4) is 0 Å². The fourth-order valence-electron chi connectivity index (χ4n) is 3.27. The molecule has 1 aliphatic rings. The lowest BCUT2D eigenvalue weighted by molar-refractivity contribution is -0.126. The van der Waals surface area contributed by atoms with Crippen LogP contribution in [0.4, 0.5) is 11.6 Å². The van der Waals surface area contributed by atoms with Crippen LogP contribution in [0.25, 0.3) is 0 Å². The van der Waals surface area contributed by atoms with E-state index in [1.165, 1.54) is 5.56 Å². The van der Waals surface area contributed by atoms with Crippen molar-refractivity contribution in [3.8, 4) is 11.8 Å². The first kappa shape index (κ1) is 17.9. The fourth-order valence-corrected chi connectivity index (χ4v) is 3.27. The van der Waals surface area contributed by atoms with Crippen LogP contribution in [0.1, 0.15) is 31.0 Å². The first-order valence-corrected chi connectivity index (χ1v) is 9.01. The summed E-state index contributed by atoms with van der Waals surface area (Å²) in [6, 6.07) is 10.0. The highest BCUT2D eigenvalue weighted by molar-refractivity contribution is 5.93. The zero-order valence-corrected chi connectivity index (χ0v) is 15.3. The van der Waals surface area contributed by atoms with Gasteiger partial charge < -0.3 is 10.2 Å². The molecule has 3 heterocycles. The third kappa shape index (κ3) is 4.82. The van der Waals surface area contributed by atoms with Gasteiger partial charge in [-0.05, 0) is 74.8 Å². The molecule has 0 unspecified atom stereocenters. The van der Waals surface area contributed by atoms with E-state index in [1.807, 2.05) is 36.2 Å². The number of rotatable bonds is 4. The number of hydrogen-bond donors (Lipinski definition) is 1. The van der Waals surface area contributed by atoms with E-state index in [0.717, 1.165) is 49.7 Å². The Balaban J connectivity index is 1.57. The Morgan fingerprint density at radius 1 is 1.27 bits per heavy atom. The molecule has 0 spiro atoms. The van der Waals surface area contributed by atoms with Gasteiger partial charge >= 0.3 is 0 Å². The fraction of sp³-hybridized carbons (Fsp3) is 0.381. The maximum Gasteiger partial charge on any atom is 0.298 e. The summed E-state index contributed by atoms with van der Waals surface area (Å²) in [6.45, 7) is 5.26. The number of nitrogens with zero attached hydrogens (tertiary/aromatic N) is 3. The standard InChI is InChI=1S/C21H24N4O/c1-3-5-21(26)25-12-9-17(10-13-25)14-18-8-11-22-20(15-18)24-19-7-4-6-16(2)23-19/h4,6-8,11,15,17H,9-10,12-14H2,1-2H3,(H,22,23,24). The first-order valence-electron chi connectivity index (χ1n) is 9.01. The Morgan fingerprint density at radius 2 is 2.08 bits per heavy atom. The number of pyridine rings is 2. The molecule has 1 saturated heterocycles. The summed E-state index contributed by atoms with van der Waals surface area (Å²) < 4.78 is 0. The number of amides is 1. The predicted octanol–water partition coefficient (Wildman–Crippen LogP) is 3.33. The van der Waals surface area contributed by atoms with Gasteiger partial charge in [0.1, 0.15) is 11.6 Å². The summed E-state index contributed by atoms with van der Waals surface area (Å²) in [5.74, 6) is 7.46. The van der Waals surface area contributed by atoms with E-state index in [4.69, 9.17) is 0 Å². The van der Waals surface area contributed by atoms with Crippen molar-refractivity contribution in [3.63, 3.8) is 0 Å². The zero-order valence-electron chi connectivity index (χ0n) is 15.3. The molecule has 2 aromatic rings. The normalized spacial score (nSPS) is 14.5. The topological polar surface area (TPSA) is 58.1 Å². The van der Waals surface area contributed by atoms with E-state index in [0.29, 0.717) is 5.92 Å². The van der Waals surface area contributed by atoms with Crippen LogP contribution in [0.15, 0.2) is 36.5 Å². The third-order valence-electron chi connectivity index (χ3n) is 4.63. The minimum atomic E-state index is -0.0491. The molecular formula is C21H24N4O. The van der Waals surface area contributed by atoms with Gasteiger partial charge in [-0.1, -0.05) is 12.0 Å². The second kappa shape index (κ2) is 8.48. The van der Waals surface area contributed by atoms with Gasteiger partial charge in [0.15, 0.2) is 0 Å². The Hall–Kier alpha value is -2.87. The molecule has 0 atom stereocenters. The number of carbonyl (C=O) groups is 1. The van der Waals surface area contributed by atoms with Crippen LogP contribution in [-0.4, -0.2) is 33.9 Å². The molecule has 1 amide bonds. The smallest absolute Gasteiger partial charge is 0.298 e. The summed E-state index contributed by atoms with van der Waals surface area (Å²) >= 11 is 0. The summed E-state index contributed by atoms with van der Waals surface area (Å²) in [6.07, 6.45) is 4.87. The molecule has 0 saturated carbocycles. The van der Waals surface area contributed by atoms with E-state index >= 15 is 0 Å². The summed E-state index contributed by atoms with van der Waals surface area (Å²) in [4.78, 5) is 22.5. The molecule has 5 heteroatoms. The highest BCUT2D eigenvalue weighted by Gasteiger charge is 2.22. The highest BCUT2D eigenvalue weighted by atomic mass is 16.2. The van der Waals surface area contributed by atoms with Crippen molar-refractivity contribution in [2.45, 2.75) is 33.1 Å². The largest absolute Gasteiger partial charge is 0.332 e. The number of likely N-dealkylation sites (tertiary alicyclic amines) is 1. The number of nitrogens with one attached hydrogen (secondary N) is 1. The van der Waals surface area contributed by atoms with Crippen molar-refractivity contribution in [1.29, 1.82) is 0 Å². The minimum absolute atomic E-state index is 0.0491. The van der Waals surface area contributed by atoms with Gasteiger partial charge in [0.25, 0.3) is 5.91 Å². The van der Waals surface area contributed by atoms with Crippen LogP contribution < -0.4 is 5.32 Å². The van der Waals surface area contributed by atoms with Crippen LogP contribution in [-0.2, 0) is 11.2 Å². The molecule has 1 aliphatic heterocycles. The Labute approximate surface area is 154 Å². The molecule has 134 valence electrons. The lowest BCUT2D eigenvalue weighted by atomic mass is 9.90. The third-order valence-corrected chi connectivity index (χ3v) is 4.63. The van der Waals surface area contributed by atoms with Crippen molar-refractivity contribution in [2.24, 2.45) is 5.92 Å². The molecule has 0 radical (unpaired) electrons. The maximum absolute atomic E-state index is 11.8. The average Bonchev–Trinajstić information content (AvgIpc) is 2.63. The lowest BCUT2D eigenvalue weighted by Crippen LogP contribution is -2.38. The van der Waals surface area contributed by atoms with Gasteiger partial charge in [-0.3, -0.25) is 4.79 Å². The van der Waals surface area contributed by atoms with Crippen molar-refractivity contribution in [1.82, 2.24) is 14.9 Å². The monoisotopic (exact) mass is 348 g/mol. The molecule has 1 fully saturated rings. The number of anilines is 2. The van der Waals surface area contributed by atoms with E-state index in [1.54, 1.807) is 6.92 Å². The van der Waals surface area contributed by atoms with Gasteiger partial charge in [0.05, 0.1) is 0 Å². The minimum Gasteiger partial charge on any atom is -0.332 e. The number of aryl methyl sites for hydroxylation is 1. The average molecular weight is 348 g/mol. The van der Waals surface area contributed by atoms with Crippen LogP contribution in [0, 0.1) is 24.7 Å². The Morgan fingerprint density at radius 3 is 2.81 bits per heavy atom. The number of hydrogen-bond acceptors (Lipinski definition) is 4. The molecule has 5 nitrogen and oxygen atoms in total.